The standard InChI is InChI=1S/C23H28ClFN5O6P.C20H28ClFN5O6P.C17H24ClFN5O6P/c24-23-28-20(27-14-8-4-5-9-14)15-11-26-30(21(15)29-23)22-18(25)19(31)16(36-22)12-35-17(37(32,33)34)10-13-6-2-1-3-7-13;21-20-25-17(24-11-3-1-2-4-11)12-8-23-27(18(12)26-20)19-15(22)16(28)13(33-19)9-32-14(34(29,30)31)7-10-5-6-10;1-8(31(26,27)28)29-7-11-13(25)12(19)16(30-11)24-15-10(6-20-24)14(22-17(18)23-15)21-9-4-2-3-5-9/h1-3,6-7,11,14,16-19,22,31H,4-5,8-10,12H2,(H,27,28,29)(H2,32,33,34);8,10-11,13-16,19,28H,1-7,9H2,(H,24,25,26)(H2,29,30,31);6,8-9,11-13,16,25H,2-5,7H2,1H3,(H,21,22,23)(H2,26,27,28)/t16-,17?,18+,19-,22-;13-,14?,15+,16-,19-;8?,11-,12+,13-,16-/m111/s1. The van der Waals surface area contributed by atoms with Crippen LogP contribution in [0.1, 0.15) is 127 Å². The second-order valence-electron chi connectivity index (χ2n) is 26.5. The normalized spacial score (nSPS) is 27.7. The average molecular weight is 1560 g/mol. The van der Waals surface area contributed by atoms with Gasteiger partial charge in [0.15, 0.2) is 71.7 Å². The van der Waals surface area contributed by atoms with E-state index in [9.17, 15) is 53.0 Å². The summed E-state index contributed by atoms with van der Waals surface area (Å²) < 4.78 is 117. The van der Waals surface area contributed by atoms with Crippen molar-refractivity contribution < 1.29 is 100.0 Å². The Morgan fingerprint density at radius 2 is 0.833 bits per heavy atom. The van der Waals surface area contributed by atoms with Crippen LogP contribution in [0.4, 0.5) is 30.6 Å². The Morgan fingerprint density at radius 1 is 0.500 bits per heavy atom. The first kappa shape index (κ1) is 76.7. The van der Waals surface area contributed by atoms with Gasteiger partial charge in [-0.25, -0.2) is 27.2 Å². The van der Waals surface area contributed by atoms with Crippen molar-refractivity contribution >= 4 is 108 Å². The summed E-state index contributed by atoms with van der Waals surface area (Å²) in [5, 5.41) is 55.4. The van der Waals surface area contributed by atoms with Gasteiger partial charge in [-0.1, -0.05) is 81.7 Å². The first-order chi connectivity index (χ1) is 48.6. The average Bonchev–Trinajstić information content (AvgIpc) is 1.62. The monoisotopic (exact) mass is 1550 g/mol. The van der Waals surface area contributed by atoms with E-state index in [1.807, 2.05) is 0 Å². The van der Waals surface area contributed by atoms with Crippen molar-refractivity contribution in [2.75, 3.05) is 35.8 Å². The number of fused-ring (bicyclic) bond motifs is 3. The van der Waals surface area contributed by atoms with Crippen LogP contribution in [0, 0.1) is 5.92 Å². The van der Waals surface area contributed by atoms with Gasteiger partial charge < -0.3 is 89.1 Å². The zero-order chi connectivity index (χ0) is 72.5. The number of anilines is 3. The second-order valence-corrected chi connectivity index (χ2v) is 33.0. The maximum atomic E-state index is 15.2. The highest BCUT2D eigenvalue weighted by atomic mass is 35.5. The molecular weight excluding hydrogens is 1480 g/mol. The zero-order valence-corrected chi connectivity index (χ0v) is 59.6. The number of aliphatic hydroxyl groups is 3. The van der Waals surface area contributed by atoms with Crippen molar-refractivity contribution in [3.8, 4) is 0 Å². The van der Waals surface area contributed by atoms with Crippen LogP contribution in [0.3, 0.4) is 0 Å². The van der Waals surface area contributed by atoms with Crippen molar-refractivity contribution in [1.29, 1.82) is 0 Å². The Hall–Kier alpha value is -4.98. The Morgan fingerprint density at radius 3 is 1.16 bits per heavy atom. The Balaban J connectivity index is 0.000000145. The van der Waals surface area contributed by atoms with Gasteiger partial charge in [-0.15, -0.1) is 0 Å². The fraction of sp³-hybridized carbons (Fsp3) is 0.650. The van der Waals surface area contributed by atoms with Gasteiger partial charge in [-0.2, -0.15) is 45.2 Å². The quantitative estimate of drug-likeness (QED) is 0.0191. The van der Waals surface area contributed by atoms with Gasteiger partial charge in [0, 0.05) is 24.5 Å². The lowest BCUT2D eigenvalue weighted by Gasteiger charge is -2.22. The molecule has 560 valence electrons. The fourth-order valence-electron chi connectivity index (χ4n) is 13.3. The molecule has 3 aliphatic heterocycles. The van der Waals surface area contributed by atoms with Crippen LogP contribution >= 0.6 is 57.6 Å². The third kappa shape index (κ3) is 18.2. The third-order valence-electron chi connectivity index (χ3n) is 19.1. The molecule has 6 aromatic heterocycles. The molecule has 7 aliphatic rings. The predicted octanol–water partition coefficient (Wildman–Crippen LogP) is 7.92. The molecular formula is C60H80Cl3F3N15O18P3. The molecule has 9 heterocycles. The molecule has 3 saturated heterocycles. The number of halogens is 6. The van der Waals surface area contributed by atoms with Crippen LogP contribution in [0.25, 0.3) is 33.1 Å². The number of benzene rings is 1. The molecule has 0 bridgehead atoms. The molecule has 15 atom stereocenters. The summed E-state index contributed by atoms with van der Waals surface area (Å²) in [6, 6.07) is 9.46. The number of ether oxygens (including phenoxy) is 6. The van der Waals surface area contributed by atoms with Crippen LogP contribution in [-0.4, -0.2) is 215 Å². The number of aliphatic hydroxyl groups excluding tert-OH is 3. The molecule has 0 radical (unpaired) electrons. The second kappa shape index (κ2) is 32.6. The Kier molecular flexibility index (Phi) is 24.5. The molecule has 4 saturated carbocycles. The maximum absolute atomic E-state index is 15.2. The summed E-state index contributed by atoms with van der Waals surface area (Å²) >= 11 is 18.4. The number of nitrogens with zero attached hydrogens (tertiary/aromatic N) is 12. The van der Waals surface area contributed by atoms with E-state index in [1.54, 1.807) is 30.3 Å². The summed E-state index contributed by atoms with van der Waals surface area (Å²) in [6.07, 6.45) is 1.30. The molecule has 14 rings (SSSR count). The Bertz CT molecular complexity index is 4160. The molecule has 0 spiro atoms. The number of aromatic nitrogens is 12. The van der Waals surface area contributed by atoms with Crippen molar-refractivity contribution in [1.82, 2.24) is 59.2 Å². The van der Waals surface area contributed by atoms with Crippen LogP contribution in [0.5, 0.6) is 0 Å². The molecule has 7 fully saturated rings. The van der Waals surface area contributed by atoms with E-state index in [0.29, 0.717) is 39.2 Å². The summed E-state index contributed by atoms with van der Waals surface area (Å²) in [5.41, 5.74) is 1.39. The molecule has 4 aliphatic carbocycles. The lowest BCUT2D eigenvalue weighted by molar-refractivity contribution is -0.0749. The van der Waals surface area contributed by atoms with Crippen molar-refractivity contribution in [3.63, 3.8) is 0 Å². The number of rotatable bonds is 25. The van der Waals surface area contributed by atoms with Crippen LogP contribution in [0.2, 0.25) is 15.9 Å². The smallest absolute Gasteiger partial charge is 0.354 e. The topological polar surface area (TPSA) is 456 Å². The zero-order valence-electron chi connectivity index (χ0n) is 54.7. The lowest BCUT2D eigenvalue weighted by Crippen LogP contribution is -2.33. The molecule has 33 nitrogen and oxygen atoms in total. The van der Waals surface area contributed by atoms with Gasteiger partial charge in [0.25, 0.3) is 0 Å². The van der Waals surface area contributed by atoms with Crippen LogP contribution in [0.15, 0.2) is 48.9 Å². The van der Waals surface area contributed by atoms with Gasteiger partial charge in [0.05, 0.1) is 54.6 Å². The van der Waals surface area contributed by atoms with E-state index in [2.05, 4.69) is 61.2 Å². The SMILES string of the molecule is CC(OC[C@H]1O[C@@H](n2ncc3c(NC4CCCC4)nc(Cl)nc32)[C@@H](F)[C@@H]1O)P(=O)(O)O.O=P(O)(O)C(CC1CC1)OC[C@H]1O[C@@H](n2ncc3c(NC4CCCC4)nc(Cl)nc32)[C@@H](F)[C@@H]1O.O=P(O)(O)C(Cc1ccccc1)OC[C@H]1O[C@@H](n2ncc3c(NC4CCCC4)nc(Cl)nc32)[C@@H](F)[C@@H]1O. The van der Waals surface area contributed by atoms with E-state index in [0.717, 1.165) is 89.9 Å². The van der Waals surface area contributed by atoms with Crippen molar-refractivity contribution in [3.05, 3.63) is 70.3 Å². The summed E-state index contributed by atoms with van der Waals surface area (Å²) in [5.74, 6) is -2.50. The highest BCUT2D eigenvalue weighted by Gasteiger charge is 2.51. The largest absolute Gasteiger partial charge is 0.387 e. The van der Waals surface area contributed by atoms with Crippen molar-refractivity contribution in [2.45, 2.75) is 219 Å². The molecule has 12 N–H and O–H groups in total. The van der Waals surface area contributed by atoms with E-state index in [-0.39, 0.29) is 76.3 Å². The van der Waals surface area contributed by atoms with Gasteiger partial charge in [0.2, 0.25) is 15.9 Å². The Labute approximate surface area is 595 Å². The molecule has 0 amide bonds. The van der Waals surface area contributed by atoms with E-state index in [4.69, 9.17) is 73.0 Å². The summed E-state index contributed by atoms with van der Waals surface area (Å²) in [6.45, 7) is -0.0345. The van der Waals surface area contributed by atoms with Gasteiger partial charge in [-0.05, 0) is 98.2 Å². The third-order valence-corrected chi connectivity index (χ3v) is 22.9. The minimum Gasteiger partial charge on any atom is -0.387 e. The van der Waals surface area contributed by atoms with Gasteiger partial charge in [-0.3, -0.25) is 13.7 Å². The maximum Gasteiger partial charge on any atom is 0.354 e. The molecule has 1 aromatic carbocycles. The minimum atomic E-state index is -4.66. The van der Waals surface area contributed by atoms with E-state index < -0.39 is 127 Å². The van der Waals surface area contributed by atoms with Crippen LogP contribution < -0.4 is 16.0 Å². The lowest BCUT2D eigenvalue weighted by atomic mass is 10.1. The van der Waals surface area contributed by atoms with Crippen LogP contribution in [-0.2, 0) is 48.5 Å². The number of hydrogen-bond donors (Lipinski definition) is 12. The number of hydrogen-bond acceptors (Lipinski definition) is 24. The van der Waals surface area contributed by atoms with Gasteiger partial charge in [0.1, 0.15) is 54.1 Å². The first-order valence-electron chi connectivity index (χ1n) is 33.5. The van der Waals surface area contributed by atoms with E-state index >= 15 is 8.78 Å². The highest BCUT2D eigenvalue weighted by Crippen LogP contribution is 2.50. The fourth-order valence-corrected chi connectivity index (χ4v) is 15.6. The summed E-state index contributed by atoms with van der Waals surface area (Å²) in [4.78, 5) is 82.3. The van der Waals surface area contributed by atoms with E-state index in [1.165, 1.54) is 39.6 Å². The molecule has 102 heavy (non-hydrogen) atoms. The highest BCUT2D eigenvalue weighted by molar-refractivity contribution is 7.52. The molecule has 7 aromatic rings. The first-order valence-corrected chi connectivity index (χ1v) is 39.7. The minimum absolute atomic E-state index is 0.0341. The number of nitrogens with one attached hydrogen (secondary N) is 3. The van der Waals surface area contributed by atoms with Gasteiger partial charge >= 0.3 is 22.8 Å². The molecule has 42 heteroatoms. The van der Waals surface area contributed by atoms with Crippen molar-refractivity contribution in [2.24, 2.45) is 5.92 Å². The predicted molar refractivity (Wildman–Crippen MR) is 362 cm³/mol. The number of alkyl halides is 3. The summed E-state index contributed by atoms with van der Waals surface area (Å²) in [7, 11) is -13.7. The molecule has 3 unspecified atom stereocenters.